The quantitative estimate of drug-likeness (QED) is 0.479. The average molecular weight is 360 g/mol. The zero-order chi connectivity index (χ0) is 17.1. The predicted molar refractivity (Wildman–Crippen MR) is 103 cm³/mol. The van der Waals surface area contributed by atoms with Crippen LogP contribution < -0.4 is 5.43 Å². The number of aromatic nitrogens is 1. The van der Waals surface area contributed by atoms with Gasteiger partial charge in [0.2, 0.25) is 0 Å². The van der Waals surface area contributed by atoms with Crippen LogP contribution in [-0.2, 0) is 13.1 Å². The molecule has 0 spiro atoms. The van der Waals surface area contributed by atoms with Crippen molar-refractivity contribution < 1.29 is 0 Å². The number of benzene rings is 2. The molecule has 3 rings (SSSR count). The number of aryl methyl sites for hydroxylation is 1. The third-order valence-corrected chi connectivity index (χ3v) is 4.91. The molecule has 0 bridgehead atoms. The molecule has 0 aliphatic carbocycles. The third kappa shape index (κ3) is 3.14. The Morgan fingerprint density at radius 1 is 1.08 bits per heavy atom. The fourth-order valence-electron chi connectivity index (χ4n) is 2.96. The molecule has 1 aromatic heterocycles. The molecule has 0 amide bonds. The summed E-state index contributed by atoms with van der Waals surface area (Å²) in [5.41, 5.74) is 7.46. The zero-order valence-electron chi connectivity index (χ0n) is 13.7. The maximum Gasteiger partial charge on any atom is 0.0609 e. The number of para-hydroxylation sites is 1. The number of nitrogens with zero attached hydrogens (tertiary/aromatic N) is 2. The van der Waals surface area contributed by atoms with Gasteiger partial charge >= 0.3 is 0 Å². The summed E-state index contributed by atoms with van der Waals surface area (Å²) in [6.07, 6.45) is 1.87. The molecule has 0 saturated heterocycles. The normalized spacial score (nSPS) is 11.5. The van der Waals surface area contributed by atoms with Gasteiger partial charge < -0.3 is 9.99 Å². The lowest BCUT2D eigenvalue weighted by Gasteiger charge is -2.06. The highest BCUT2D eigenvalue weighted by molar-refractivity contribution is 6.35. The number of hydrogen-bond acceptors (Lipinski definition) is 2. The van der Waals surface area contributed by atoms with Gasteiger partial charge in [0.15, 0.2) is 0 Å². The predicted octanol–water partition coefficient (Wildman–Crippen LogP) is 5.40. The van der Waals surface area contributed by atoms with Crippen LogP contribution in [0.15, 0.2) is 47.6 Å². The minimum Gasteiger partial charge on any atom is -0.344 e. The van der Waals surface area contributed by atoms with Crippen LogP contribution in [-0.4, -0.2) is 10.8 Å². The highest BCUT2D eigenvalue weighted by atomic mass is 35.5. The lowest BCUT2D eigenvalue weighted by Crippen LogP contribution is -2.07. The minimum absolute atomic E-state index is 0.487. The Kier molecular flexibility index (Phi) is 5.12. The Morgan fingerprint density at radius 3 is 2.50 bits per heavy atom. The highest BCUT2D eigenvalue weighted by Crippen LogP contribution is 2.25. The first-order chi connectivity index (χ1) is 11.6. The van der Waals surface area contributed by atoms with Gasteiger partial charge in [-0.2, -0.15) is 5.10 Å². The Bertz CT molecular complexity index is 877. The molecule has 0 aliphatic heterocycles. The second-order valence-electron chi connectivity index (χ2n) is 5.55. The van der Waals surface area contributed by atoms with Crippen molar-refractivity contribution in [3.63, 3.8) is 0 Å². The zero-order valence-corrected chi connectivity index (χ0v) is 15.2. The van der Waals surface area contributed by atoms with E-state index in [1.807, 2.05) is 24.4 Å². The summed E-state index contributed by atoms with van der Waals surface area (Å²) >= 11 is 12.3. The summed E-state index contributed by atoms with van der Waals surface area (Å²) in [5, 5.41) is 6.86. The number of hydrogen-bond donors (Lipinski definition) is 1. The van der Waals surface area contributed by atoms with Crippen molar-refractivity contribution in [3.05, 3.63) is 69.3 Å². The van der Waals surface area contributed by atoms with Crippen molar-refractivity contribution in [2.24, 2.45) is 5.10 Å². The summed E-state index contributed by atoms with van der Waals surface area (Å²) < 4.78 is 2.29. The molecule has 0 aliphatic rings. The Morgan fingerprint density at radius 2 is 1.79 bits per heavy atom. The molecular formula is C19H19Cl2N3. The van der Waals surface area contributed by atoms with Crippen molar-refractivity contribution >= 4 is 40.3 Å². The van der Waals surface area contributed by atoms with Gasteiger partial charge in [-0.05, 0) is 32.0 Å². The van der Waals surface area contributed by atoms with Gasteiger partial charge in [0.1, 0.15) is 0 Å². The van der Waals surface area contributed by atoms with Gasteiger partial charge in [0.05, 0.1) is 12.8 Å². The first kappa shape index (κ1) is 16.9. The summed E-state index contributed by atoms with van der Waals surface area (Å²) in [6.45, 7) is 5.69. The van der Waals surface area contributed by atoms with Crippen LogP contribution in [0.1, 0.15) is 23.7 Å². The third-order valence-electron chi connectivity index (χ3n) is 4.20. The van der Waals surface area contributed by atoms with Crippen molar-refractivity contribution in [3.8, 4) is 0 Å². The molecule has 0 fully saturated rings. The number of halogens is 2. The number of nitrogens with one attached hydrogen (secondary N) is 1. The summed E-state index contributed by atoms with van der Waals surface area (Å²) in [4.78, 5) is 0. The minimum atomic E-state index is 0.487. The van der Waals surface area contributed by atoms with E-state index in [1.54, 1.807) is 0 Å². The maximum atomic E-state index is 6.17. The van der Waals surface area contributed by atoms with E-state index in [4.69, 9.17) is 23.2 Å². The largest absolute Gasteiger partial charge is 0.344 e. The molecular weight excluding hydrogens is 341 g/mol. The molecule has 0 radical (unpaired) electrons. The molecule has 0 saturated carbocycles. The Hall–Kier alpha value is -1.97. The van der Waals surface area contributed by atoms with Gasteiger partial charge in [-0.25, -0.2) is 0 Å². The summed E-state index contributed by atoms with van der Waals surface area (Å²) in [7, 11) is 0. The van der Waals surface area contributed by atoms with Gasteiger partial charge in [0.25, 0.3) is 0 Å². The first-order valence-electron chi connectivity index (χ1n) is 7.90. The van der Waals surface area contributed by atoms with Crippen LogP contribution in [0.4, 0.5) is 0 Å². The molecule has 1 N–H and O–H groups in total. The summed E-state index contributed by atoms with van der Waals surface area (Å²) in [6, 6.07) is 13.9. The lowest BCUT2D eigenvalue weighted by atomic mass is 10.1. The molecule has 5 heteroatoms. The van der Waals surface area contributed by atoms with E-state index in [1.165, 1.54) is 16.6 Å². The van der Waals surface area contributed by atoms with Gasteiger partial charge in [0, 0.05) is 44.3 Å². The van der Waals surface area contributed by atoms with Crippen molar-refractivity contribution in [2.45, 2.75) is 26.9 Å². The molecule has 1 heterocycles. The Labute approximate surface area is 151 Å². The lowest BCUT2D eigenvalue weighted by molar-refractivity contribution is 0.747. The molecule has 3 aromatic rings. The fraction of sp³-hybridized carbons (Fsp3) is 0.211. The summed E-state index contributed by atoms with van der Waals surface area (Å²) in [5.74, 6) is 0. The second kappa shape index (κ2) is 7.29. The van der Waals surface area contributed by atoms with Crippen LogP contribution >= 0.6 is 23.2 Å². The van der Waals surface area contributed by atoms with E-state index < -0.39 is 0 Å². The van der Waals surface area contributed by atoms with E-state index in [2.05, 4.69) is 53.2 Å². The van der Waals surface area contributed by atoms with Crippen LogP contribution in [0.25, 0.3) is 10.9 Å². The molecule has 0 atom stereocenters. The van der Waals surface area contributed by atoms with Crippen LogP contribution in [0, 0.1) is 6.92 Å². The molecule has 124 valence electrons. The topological polar surface area (TPSA) is 29.3 Å². The van der Waals surface area contributed by atoms with Crippen LogP contribution in [0.2, 0.25) is 10.0 Å². The van der Waals surface area contributed by atoms with E-state index in [0.29, 0.717) is 16.6 Å². The number of hydrazone groups is 1. The Balaban J connectivity index is 1.83. The van der Waals surface area contributed by atoms with Gasteiger partial charge in [-0.1, -0.05) is 47.5 Å². The van der Waals surface area contributed by atoms with Crippen molar-refractivity contribution in [1.29, 1.82) is 0 Å². The van der Waals surface area contributed by atoms with Crippen molar-refractivity contribution in [1.82, 2.24) is 9.99 Å². The SMILES string of the molecule is CCn1c(C)c(/C=N\NCc2c(Cl)cccc2Cl)c2ccccc21. The van der Waals surface area contributed by atoms with E-state index in [0.717, 1.165) is 17.7 Å². The highest BCUT2D eigenvalue weighted by Gasteiger charge is 2.10. The van der Waals surface area contributed by atoms with Crippen LogP contribution in [0.3, 0.4) is 0 Å². The fourth-order valence-corrected chi connectivity index (χ4v) is 3.50. The molecule has 24 heavy (non-hydrogen) atoms. The van der Waals surface area contributed by atoms with Crippen LogP contribution in [0.5, 0.6) is 0 Å². The smallest absolute Gasteiger partial charge is 0.0609 e. The molecule has 0 unspecified atom stereocenters. The number of fused-ring (bicyclic) bond motifs is 1. The molecule has 2 aromatic carbocycles. The average Bonchev–Trinajstić information content (AvgIpc) is 2.85. The second-order valence-corrected chi connectivity index (χ2v) is 6.37. The van der Waals surface area contributed by atoms with Gasteiger partial charge in [-0.3, -0.25) is 0 Å². The first-order valence-corrected chi connectivity index (χ1v) is 8.65. The van der Waals surface area contributed by atoms with Crippen molar-refractivity contribution in [2.75, 3.05) is 0 Å². The van der Waals surface area contributed by atoms with E-state index in [9.17, 15) is 0 Å². The van der Waals surface area contributed by atoms with E-state index >= 15 is 0 Å². The van der Waals surface area contributed by atoms with Gasteiger partial charge in [-0.15, -0.1) is 0 Å². The monoisotopic (exact) mass is 359 g/mol. The number of rotatable bonds is 5. The standard InChI is InChI=1S/C19H19Cl2N3/c1-3-24-13(2)15(14-7-4-5-10-19(14)24)11-22-23-12-16-17(20)8-6-9-18(16)21/h4-11,23H,3,12H2,1-2H3/b22-11-. The van der Waals surface area contributed by atoms with E-state index in [-0.39, 0.29) is 0 Å². The molecule has 3 nitrogen and oxygen atoms in total. The maximum absolute atomic E-state index is 6.17.